The molecule has 0 fully saturated rings. The quantitative estimate of drug-likeness (QED) is 0.629. The lowest BCUT2D eigenvalue weighted by Crippen LogP contribution is -2.27. The number of carbonyl (C=O) groups is 2. The van der Waals surface area contributed by atoms with Crippen LogP contribution >= 0.6 is 27.3 Å². The van der Waals surface area contributed by atoms with E-state index in [0.717, 1.165) is 23.5 Å². The zero-order valence-corrected chi connectivity index (χ0v) is 16.4. The Balaban J connectivity index is 2.30. The standard InChI is InChI=1S/C18H13BrF2N2O3S/c1-2-13(17(25)26)23-14-7-11(20)12(21)8-15(14)27-18(23)22-16(24)9-5-3-4-6-10(9)19/h3-8,13H,2H2,1H3,(H,25,26). The molecule has 9 heteroatoms. The molecule has 0 bridgehead atoms. The molecule has 5 nitrogen and oxygen atoms in total. The van der Waals surface area contributed by atoms with Crippen molar-refractivity contribution in [2.24, 2.45) is 4.99 Å². The monoisotopic (exact) mass is 454 g/mol. The molecule has 1 heterocycles. The van der Waals surface area contributed by atoms with Gasteiger partial charge in [-0.3, -0.25) is 4.79 Å². The lowest BCUT2D eigenvalue weighted by Gasteiger charge is -2.13. The van der Waals surface area contributed by atoms with Gasteiger partial charge in [-0.05, 0) is 40.5 Å². The maximum Gasteiger partial charge on any atom is 0.326 e. The fourth-order valence-corrected chi connectivity index (χ4v) is 4.19. The fraction of sp³-hybridized carbons (Fsp3) is 0.167. The number of carboxylic acid groups (broad SMARTS) is 1. The molecule has 0 spiro atoms. The number of rotatable bonds is 4. The SMILES string of the molecule is CCC(C(=O)O)n1c(=NC(=O)c2ccccc2Br)sc2cc(F)c(F)cc21. The number of carboxylic acids is 1. The predicted octanol–water partition coefficient (Wildman–Crippen LogP) is 4.52. The molecule has 1 atom stereocenters. The van der Waals surface area contributed by atoms with Gasteiger partial charge in [-0.15, -0.1) is 0 Å². The minimum atomic E-state index is -1.16. The van der Waals surface area contributed by atoms with Crippen LogP contribution in [0.15, 0.2) is 45.9 Å². The number of halogens is 3. The van der Waals surface area contributed by atoms with Gasteiger partial charge in [0.2, 0.25) is 0 Å². The van der Waals surface area contributed by atoms with Gasteiger partial charge in [0.1, 0.15) is 6.04 Å². The molecule has 0 radical (unpaired) electrons. The van der Waals surface area contributed by atoms with Crippen molar-refractivity contribution in [1.82, 2.24) is 4.57 Å². The average molecular weight is 455 g/mol. The summed E-state index contributed by atoms with van der Waals surface area (Å²) in [6.45, 7) is 1.65. The summed E-state index contributed by atoms with van der Waals surface area (Å²) in [5, 5.41) is 9.53. The summed E-state index contributed by atoms with van der Waals surface area (Å²) in [5.74, 6) is -3.90. The molecule has 0 saturated heterocycles. The zero-order valence-electron chi connectivity index (χ0n) is 13.9. The molecule has 0 saturated carbocycles. The Bertz CT molecular complexity index is 1120. The second-order valence-electron chi connectivity index (χ2n) is 5.65. The Morgan fingerprint density at radius 2 is 1.93 bits per heavy atom. The summed E-state index contributed by atoms with van der Waals surface area (Å²) in [6.07, 6.45) is 0.177. The maximum atomic E-state index is 13.8. The lowest BCUT2D eigenvalue weighted by atomic mass is 10.2. The lowest BCUT2D eigenvalue weighted by molar-refractivity contribution is -0.140. The number of hydrogen-bond acceptors (Lipinski definition) is 3. The van der Waals surface area contributed by atoms with E-state index in [0.29, 0.717) is 14.7 Å². The van der Waals surface area contributed by atoms with E-state index in [-0.39, 0.29) is 16.7 Å². The van der Waals surface area contributed by atoms with Crippen molar-refractivity contribution in [1.29, 1.82) is 0 Å². The van der Waals surface area contributed by atoms with Crippen LogP contribution in [0.1, 0.15) is 29.7 Å². The van der Waals surface area contributed by atoms with E-state index in [2.05, 4.69) is 20.9 Å². The molecule has 2 aromatic carbocycles. The number of carbonyl (C=O) groups excluding carboxylic acids is 1. The Kier molecular flexibility index (Phi) is 5.52. The van der Waals surface area contributed by atoms with Crippen molar-refractivity contribution in [2.75, 3.05) is 0 Å². The first kappa shape index (κ1) is 19.4. The molecule has 140 valence electrons. The zero-order chi connectivity index (χ0) is 19.7. The van der Waals surface area contributed by atoms with E-state index in [9.17, 15) is 23.5 Å². The van der Waals surface area contributed by atoms with Gasteiger partial charge < -0.3 is 9.67 Å². The van der Waals surface area contributed by atoms with Crippen molar-refractivity contribution in [2.45, 2.75) is 19.4 Å². The van der Waals surface area contributed by atoms with Crippen molar-refractivity contribution in [3.63, 3.8) is 0 Å². The highest BCUT2D eigenvalue weighted by atomic mass is 79.9. The largest absolute Gasteiger partial charge is 0.480 e. The maximum absolute atomic E-state index is 13.8. The molecule has 1 N–H and O–H groups in total. The van der Waals surface area contributed by atoms with Gasteiger partial charge in [0, 0.05) is 10.5 Å². The van der Waals surface area contributed by atoms with Gasteiger partial charge in [0.25, 0.3) is 5.91 Å². The van der Waals surface area contributed by atoms with E-state index in [1.165, 1.54) is 4.57 Å². The van der Waals surface area contributed by atoms with Gasteiger partial charge in [-0.25, -0.2) is 13.6 Å². The van der Waals surface area contributed by atoms with Crippen LogP contribution in [-0.4, -0.2) is 21.6 Å². The van der Waals surface area contributed by atoms with Gasteiger partial charge in [0.05, 0.1) is 15.8 Å². The van der Waals surface area contributed by atoms with Gasteiger partial charge in [0.15, 0.2) is 16.4 Å². The number of fused-ring (bicyclic) bond motifs is 1. The number of nitrogens with zero attached hydrogens (tertiary/aromatic N) is 2. The van der Waals surface area contributed by atoms with Crippen LogP contribution in [0.2, 0.25) is 0 Å². The second kappa shape index (κ2) is 7.69. The molecule has 1 amide bonds. The minimum absolute atomic E-state index is 0.0602. The Morgan fingerprint density at radius 1 is 1.26 bits per heavy atom. The minimum Gasteiger partial charge on any atom is -0.480 e. The van der Waals surface area contributed by atoms with Crippen molar-refractivity contribution >= 4 is 49.4 Å². The van der Waals surface area contributed by atoms with Gasteiger partial charge >= 0.3 is 5.97 Å². The molecule has 1 unspecified atom stereocenters. The van der Waals surface area contributed by atoms with Crippen LogP contribution in [-0.2, 0) is 4.79 Å². The number of aliphatic carboxylic acids is 1. The predicted molar refractivity (Wildman–Crippen MR) is 101 cm³/mol. The van der Waals surface area contributed by atoms with E-state index in [1.807, 2.05) is 0 Å². The van der Waals surface area contributed by atoms with E-state index in [1.54, 1.807) is 31.2 Å². The summed E-state index contributed by atoms with van der Waals surface area (Å²) >= 11 is 4.20. The van der Waals surface area contributed by atoms with Crippen LogP contribution < -0.4 is 4.80 Å². The Labute approximate surface area is 164 Å². The van der Waals surface area contributed by atoms with Gasteiger partial charge in [-0.1, -0.05) is 30.4 Å². The average Bonchev–Trinajstić information content (AvgIpc) is 2.93. The Hall–Kier alpha value is -2.39. The van der Waals surface area contributed by atoms with Crippen LogP contribution in [0.5, 0.6) is 0 Å². The van der Waals surface area contributed by atoms with E-state index < -0.39 is 29.6 Å². The number of aromatic nitrogens is 1. The third-order valence-corrected chi connectivity index (χ3v) is 5.66. The van der Waals surface area contributed by atoms with Crippen LogP contribution in [0.25, 0.3) is 10.2 Å². The van der Waals surface area contributed by atoms with Crippen molar-refractivity contribution in [3.05, 3.63) is 62.9 Å². The molecule has 0 aliphatic rings. The normalized spacial score (nSPS) is 13.1. The van der Waals surface area contributed by atoms with Crippen molar-refractivity contribution < 1.29 is 23.5 Å². The Morgan fingerprint density at radius 3 is 2.56 bits per heavy atom. The highest BCUT2D eigenvalue weighted by molar-refractivity contribution is 9.10. The first-order valence-corrected chi connectivity index (χ1v) is 9.51. The van der Waals surface area contributed by atoms with Crippen LogP contribution in [0.3, 0.4) is 0 Å². The molecule has 1 aromatic heterocycles. The van der Waals surface area contributed by atoms with Gasteiger partial charge in [-0.2, -0.15) is 4.99 Å². The van der Waals surface area contributed by atoms with E-state index >= 15 is 0 Å². The molecular formula is C18H13BrF2N2O3S. The molecule has 0 aliphatic heterocycles. The fourth-order valence-electron chi connectivity index (χ4n) is 2.67. The van der Waals surface area contributed by atoms with Crippen LogP contribution in [0.4, 0.5) is 8.78 Å². The summed E-state index contributed by atoms with van der Waals surface area (Å²) < 4.78 is 29.5. The highest BCUT2D eigenvalue weighted by Crippen LogP contribution is 2.25. The molecular weight excluding hydrogens is 442 g/mol. The second-order valence-corrected chi connectivity index (χ2v) is 7.51. The summed E-state index contributed by atoms with van der Waals surface area (Å²) in [5.41, 5.74) is 0.467. The summed E-state index contributed by atoms with van der Waals surface area (Å²) in [7, 11) is 0. The number of amides is 1. The number of hydrogen-bond donors (Lipinski definition) is 1. The first-order chi connectivity index (χ1) is 12.8. The first-order valence-electron chi connectivity index (χ1n) is 7.90. The smallest absolute Gasteiger partial charge is 0.326 e. The molecule has 27 heavy (non-hydrogen) atoms. The number of benzene rings is 2. The summed E-state index contributed by atoms with van der Waals surface area (Å²) in [6, 6.07) is 7.48. The van der Waals surface area contributed by atoms with E-state index in [4.69, 9.17) is 0 Å². The number of thiazole rings is 1. The van der Waals surface area contributed by atoms with Crippen molar-refractivity contribution in [3.8, 4) is 0 Å². The topological polar surface area (TPSA) is 71.7 Å². The third-order valence-electron chi connectivity index (χ3n) is 3.95. The molecule has 3 rings (SSSR count). The molecule has 3 aromatic rings. The third kappa shape index (κ3) is 3.70. The highest BCUT2D eigenvalue weighted by Gasteiger charge is 2.23. The summed E-state index contributed by atoms with van der Waals surface area (Å²) in [4.78, 5) is 28.4. The molecule has 0 aliphatic carbocycles. The van der Waals surface area contributed by atoms with Crippen LogP contribution in [0, 0.1) is 11.6 Å².